The number of carbonyl (C=O) groups is 2. The minimum absolute atomic E-state index is 0.0992. The molecule has 0 aliphatic rings. The van der Waals surface area contributed by atoms with Gasteiger partial charge in [0.1, 0.15) is 0 Å². The van der Waals surface area contributed by atoms with Crippen molar-refractivity contribution in [1.29, 1.82) is 0 Å². The number of hydrogen-bond donors (Lipinski definition) is 1. The number of hydrogen-bond acceptors (Lipinski definition) is 4. The molecule has 2 rings (SSSR count). The maximum atomic E-state index is 12.4. The van der Waals surface area contributed by atoms with Crippen LogP contribution in [0.1, 0.15) is 27.6 Å². The lowest BCUT2D eigenvalue weighted by Crippen LogP contribution is -2.22. The van der Waals surface area contributed by atoms with Crippen molar-refractivity contribution in [3.63, 3.8) is 0 Å². The van der Waals surface area contributed by atoms with Crippen LogP contribution in [0.25, 0.3) is 0 Å². The van der Waals surface area contributed by atoms with E-state index < -0.39 is 15.9 Å². The van der Waals surface area contributed by atoms with Crippen molar-refractivity contribution in [2.75, 3.05) is 19.4 Å². The van der Waals surface area contributed by atoms with E-state index in [0.717, 1.165) is 8.78 Å². The number of anilines is 1. The van der Waals surface area contributed by atoms with Crippen LogP contribution in [0.3, 0.4) is 0 Å². The number of nitrogens with one attached hydrogen (secondary N) is 1. The quantitative estimate of drug-likeness (QED) is 0.747. The minimum Gasteiger partial charge on any atom is -0.321 e. The zero-order valence-electron chi connectivity index (χ0n) is 13.9. The first-order chi connectivity index (χ1) is 11.6. The van der Waals surface area contributed by atoms with Gasteiger partial charge in [-0.2, -0.15) is 0 Å². The van der Waals surface area contributed by atoms with E-state index in [0.29, 0.717) is 11.3 Å². The number of sulfonamides is 1. The molecule has 6 nitrogen and oxygen atoms in total. The predicted octanol–water partition coefficient (Wildman–Crippen LogP) is 3.15. The molecule has 0 aliphatic carbocycles. The average Bonchev–Trinajstić information content (AvgIpc) is 2.56. The third-order valence-corrected chi connectivity index (χ3v) is 5.83. The van der Waals surface area contributed by atoms with Crippen molar-refractivity contribution in [1.82, 2.24) is 4.31 Å². The van der Waals surface area contributed by atoms with Crippen molar-refractivity contribution in [2.24, 2.45) is 0 Å². The van der Waals surface area contributed by atoms with E-state index in [9.17, 15) is 18.0 Å². The van der Waals surface area contributed by atoms with Crippen LogP contribution in [0.5, 0.6) is 0 Å². The van der Waals surface area contributed by atoms with Gasteiger partial charge in [0.2, 0.25) is 10.0 Å². The lowest BCUT2D eigenvalue weighted by molar-refractivity contribution is 0.101. The van der Waals surface area contributed by atoms with Gasteiger partial charge in [-0.05, 0) is 49.4 Å². The highest BCUT2D eigenvalue weighted by atomic mass is 79.9. The lowest BCUT2D eigenvalue weighted by Gasteiger charge is -2.12. The maximum Gasteiger partial charge on any atom is 0.255 e. The Morgan fingerprint density at radius 1 is 1.04 bits per heavy atom. The second-order valence-corrected chi connectivity index (χ2v) is 8.58. The summed E-state index contributed by atoms with van der Waals surface area (Å²) in [5, 5.41) is 2.68. The third kappa shape index (κ3) is 4.33. The number of benzene rings is 2. The zero-order valence-corrected chi connectivity index (χ0v) is 16.3. The van der Waals surface area contributed by atoms with Gasteiger partial charge in [-0.3, -0.25) is 9.59 Å². The summed E-state index contributed by atoms with van der Waals surface area (Å²) < 4.78 is 25.9. The summed E-state index contributed by atoms with van der Waals surface area (Å²) in [7, 11) is -0.675. The van der Waals surface area contributed by atoms with E-state index in [2.05, 4.69) is 21.2 Å². The van der Waals surface area contributed by atoms with E-state index in [1.807, 2.05) is 0 Å². The molecule has 2 aromatic rings. The highest BCUT2D eigenvalue weighted by molar-refractivity contribution is 9.10. The van der Waals surface area contributed by atoms with Crippen LogP contribution in [0, 0.1) is 0 Å². The third-order valence-electron chi connectivity index (χ3n) is 3.50. The fourth-order valence-electron chi connectivity index (χ4n) is 2.10. The van der Waals surface area contributed by atoms with Gasteiger partial charge in [-0.25, -0.2) is 12.7 Å². The van der Waals surface area contributed by atoms with Gasteiger partial charge in [0.05, 0.1) is 10.6 Å². The Balaban J connectivity index is 2.27. The first-order valence-corrected chi connectivity index (χ1v) is 9.50. The number of carbonyl (C=O) groups excluding carboxylic acids is 2. The molecule has 0 heterocycles. The van der Waals surface area contributed by atoms with Crippen LogP contribution in [0.4, 0.5) is 5.69 Å². The van der Waals surface area contributed by atoms with Gasteiger partial charge in [0.25, 0.3) is 5.91 Å². The first-order valence-electron chi connectivity index (χ1n) is 7.27. The van der Waals surface area contributed by atoms with Crippen molar-refractivity contribution >= 4 is 43.3 Å². The Hall–Kier alpha value is -2.03. The molecule has 0 unspecified atom stereocenters. The maximum absolute atomic E-state index is 12.4. The molecule has 0 radical (unpaired) electrons. The summed E-state index contributed by atoms with van der Waals surface area (Å²) in [6, 6.07) is 10.6. The van der Waals surface area contributed by atoms with Crippen molar-refractivity contribution in [3.8, 4) is 0 Å². The molecule has 132 valence electrons. The molecule has 0 saturated carbocycles. The van der Waals surface area contributed by atoms with Crippen molar-refractivity contribution < 1.29 is 18.0 Å². The van der Waals surface area contributed by atoms with E-state index in [1.54, 1.807) is 18.2 Å². The predicted molar refractivity (Wildman–Crippen MR) is 99.4 cm³/mol. The van der Waals surface area contributed by atoms with Crippen LogP contribution >= 0.6 is 15.9 Å². The van der Waals surface area contributed by atoms with Crippen LogP contribution in [-0.2, 0) is 10.0 Å². The number of halogens is 1. The van der Waals surface area contributed by atoms with E-state index in [4.69, 9.17) is 0 Å². The number of rotatable bonds is 5. The molecule has 0 aliphatic heterocycles. The summed E-state index contributed by atoms with van der Waals surface area (Å²) in [5.74, 6) is -0.609. The number of Topliss-reactive ketones (excluding diaryl/α,β-unsaturated/α-hetero) is 1. The first kappa shape index (κ1) is 19.3. The molecule has 0 spiro atoms. The summed E-state index contributed by atoms with van der Waals surface area (Å²) in [4.78, 5) is 24.2. The van der Waals surface area contributed by atoms with Gasteiger partial charge >= 0.3 is 0 Å². The molecule has 2 aromatic carbocycles. The Morgan fingerprint density at radius 2 is 1.64 bits per heavy atom. The van der Waals surface area contributed by atoms with E-state index in [-0.39, 0.29) is 16.2 Å². The number of ketones is 1. The Bertz CT molecular complexity index is 922. The Kier molecular flexibility index (Phi) is 5.76. The fourth-order valence-corrected chi connectivity index (χ4v) is 3.36. The average molecular weight is 425 g/mol. The summed E-state index contributed by atoms with van der Waals surface area (Å²) in [6.45, 7) is 1.42. The topological polar surface area (TPSA) is 83.5 Å². The molecular formula is C17H17BrN2O4S. The van der Waals surface area contributed by atoms with Gasteiger partial charge in [-0.15, -0.1) is 0 Å². The molecule has 1 amide bonds. The highest BCUT2D eigenvalue weighted by Crippen LogP contribution is 2.22. The minimum atomic E-state index is -3.55. The number of amides is 1. The van der Waals surface area contributed by atoms with Crippen LogP contribution in [-0.4, -0.2) is 38.5 Å². The molecule has 0 aromatic heterocycles. The second-order valence-electron chi connectivity index (χ2n) is 5.51. The normalized spacial score (nSPS) is 11.4. The standard InChI is InChI=1S/C17H17BrN2O4S/c1-11(21)15-10-13(18)6-9-16(15)19-17(22)12-4-7-14(8-5-12)25(23,24)20(2)3/h4-10H,1-3H3,(H,19,22). The Morgan fingerprint density at radius 3 is 2.16 bits per heavy atom. The van der Waals surface area contributed by atoms with Gasteiger partial charge < -0.3 is 5.32 Å². The van der Waals surface area contributed by atoms with E-state index >= 15 is 0 Å². The second kappa shape index (κ2) is 7.47. The van der Waals surface area contributed by atoms with Gasteiger partial charge in [0, 0.05) is 29.7 Å². The van der Waals surface area contributed by atoms with E-state index in [1.165, 1.54) is 45.3 Å². The molecule has 0 saturated heterocycles. The van der Waals surface area contributed by atoms with Crippen LogP contribution in [0.15, 0.2) is 51.8 Å². The summed E-state index contributed by atoms with van der Waals surface area (Å²) in [5.41, 5.74) is 1.07. The Labute approximate surface area is 155 Å². The van der Waals surface area contributed by atoms with Crippen LogP contribution < -0.4 is 5.32 Å². The fraction of sp³-hybridized carbons (Fsp3) is 0.176. The largest absolute Gasteiger partial charge is 0.321 e. The molecule has 8 heteroatoms. The van der Waals surface area contributed by atoms with Crippen LogP contribution in [0.2, 0.25) is 0 Å². The summed E-state index contributed by atoms with van der Waals surface area (Å²) in [6.07, 6.45) is 0. The van der Waals surface area contributed by atoms with Crippen molar-refractivity contribution in [2.45, 2.75) is 11.8 Å². The highest BCUT2D eigenvalue weighted by Gasteiger charge is 2.18. The smallest absolute Gasteiger partial charge is 0.255 e. The molecule has 0 bridgehead atoms. The monoisotopic (exact) mass is 424 g/mol. The molecule has 25 heavy (non-hydrogen) atoms. The molecular weight excluding hydrogens is 408 g/mol. The summed E-state index contributed by atoms with van der Waals surface area (Å²) >= 11 is 3.29. The SMILES string of the molecule is CC(=O)c1cc(Br)ccc1NC(=O)c1ccc(S(=O)(=O)N(C)C)cc1. The zero-order chi connectivity index (χ0) is 18.8. The molecule has 0 fully saturated rings. The van der Waals surface area contributed by atoms with Gasteiger partial charge in [0.15, 0.2) is 5.78 Å². The van der Waals surface area contributed by atoms with Crippen molar-refractivity contribution in [3.05, 3.63) is 58.1 Å². The van der Waals surface area contributed by atoms with Gasteiger partial charge in [-0.1, -0.05) is 15.9 Å². The number of nitrogens with zero attached hydrogens (tertiary/aromatic N) is 1. The molecule has 0 atom stereocenters. The lowest BCUT2D eigenvalue weighted by atomic mass is 10.1. The molecule has 1 N–H and O–H groups in total.